The highest BCUT2D eigenvalue weighted by atomic mass is 16.6. The molecule has 2 atom stereocenters. The zero-order chi connectivity index (χ0) is 27.9. The Morgan fingerprint density at radius 3 is 2.19 bits per heavy atom. The van der Waals surface area contributed by atoms with Crippen LogP contribution in [0.4, 0.5) is 5.69 Å². The van der Waals surface area contributed by atoms with Crippen molar-refractivity contribution in [3.05, 3.63) is 57.6 Å². The van der Waals surface area contributed by atoms with Crippen LogP contribution >= 0.6 is 0 Å². The average molecular weight is 518 g/mol. The van der Waals surface area contributed by atoms with Gasteiger partial charge >= 0.3 is 7.12 Å². The van der Waals surface area contributed by atoms with Crippen molar-refractivity contribution in [2.45, 2.75) is 38.8 Å². The largest absolute Gasteiger partial charge is 0.504 e. The quantitative estimate of drug-likeness (QED) is 0.0598. The summed E-state index contributed by atoms with van der Waals surface area (Å²) in [5, 5.41) is 63.1. The fraction of sp³-hybridized carbons (Fsp3) is 0.318. The summed E-state index contributed by atoms with van der Waals surface area (Å²) in [6, 6.07) is 3.99. The first-order chi connectivity index (χ1) is 17.3. The molecule has 0 fully saturated rings. The van der Waals surface area contributed by atoms with Gasteiger partial charge < -0.3 is 30.9 Å². The van der Waals surface area contributed by atoms with Crippen molar-refractivity contribution >= 4 is 36.0 Å². The van der Waals surface area contributed by atoms with Crippen LogP contribution in [0.1, 0.15) is 36.2 Å². The molecular weight excluding hydrogens is 491 g/mol. The number of amides is 3. The van der Waals surface area contributed by atoms with E-state index in [0.717, 1.165) is 18.2 Å². The van der Waals surface area contributed by atoms with Crippen LogP contribution in [-0.4, -0.2) is 67.3 Å². The Hall–Kier alpha value is -4.21. The summed E-state index contributed by atoms with van der Waals surface area (Å²) in [6.45, 7) is 3.52. The molecule has 3 amide bonds. The summed E-state index contributed by atoms with van der Waals surface area (Å²) < 4.78 is 0. The zero-order valence-electron chi connectivity index (χ0n) is 19.9. The Bertz CT molecular complexity index is 1170. The third-order valence-corrected chi connectivity index (χ3v) is 5.26. The number of nitro benzene ring substituents is 1. The molecule has 0 aromatic heterocycles. The number of phenolic OH excluding ortho intramolecular Hbond substituents is 2. The van der Waals surface area contributed by atoms with Crippen molar-refractivity contribution in [1.82, 2.24) is 16.1 Å². The summed E-state index contributed by atoms with van der Waals surface area (Å²) in [7, 11) is -2.08. The molecule has 2 aromatic rings. The SMILES string of the molecule is CC(C)C[C@H](NC(=O)c1cc(B(O)O)cc([N+](=O)[O-])c1)C(=O)N[C@@H](Cc1ccc(O)c(O)c1)C(=O)NO. The van der Waals surface area contributed by atoms with Crippen LogP contribution in [0.5, 0.6) is 11.5 Å². The van der Waals surface area contributed by atoms with Crippen LogP contribution in [0.2, 0.25) is 0 Å². The molecule has 0 heterocycles. The molecule has 0 saturated heterocycles. The topological polar surface area (TPSA) is 232 Å². The summed E-state index contributed by atoms with van der Waals surface area (Å²) in [5.41, 5.74) is 0.587. The average Bonchev–Trinajstić information content (AvgIpc) is 2.84. The molecule has 15 heteroatoms. The highest BCUT2D eigenvalue weighted by molar-refractivity contribution is 6.58. The number of nitrogens with one attached hydrogen (secondary N) is 3. The molecule has 0 spiro atoms. The lowest BCUT2D eigenvalue weighted by Gasteiger charge is -2.24. The van der Waals surface area contributed by atoms with Gasteiger partial charge in [-0.05, 0) is 41.6 Å². The highest BCUT2D eigenvalue weighted by Gasteiger charge is 2.29. The van der Waals surface area contributed by atoms with Gasteiger partial charge in [-0.25, -0.2) is 5.48 Å². The van der Waals surface area contributed by atoms with Gasteiger partial charge in [0.25, 0.3) is 17.5 Å². The van der Waals surface area contributed by atoms with E-state index in [1.807, 2.05) is 0 Å². The Labute approximate surface area is 211 Å². The Morgan fingerprint density at radius 1 is 0.973 bits per heavy atom. The van der Waals surface area contributed by atoms with E-state index in [2.05, 4.69) is 10.6 Å². The first kappa shape index (κ1) is 29.0. The standard InChI is InChI=1S/C22H27BN4O10/c1-11(2)5-16(24-20(30)13-8-14(23(33)34)10-15(9-13)27(36)37)21(31)25-17(22(32)26-35)6-12-3-4-18(28)19(29)7-12/h3-4,7-11,16-17,28-29,33-35H,5-6H2,1-2H3,(H,24,30)(H,25,31)(H,26,32)/t16-,17-/m0/s1. The minimum atomic E-state index is -2.08. The van der Waals surface area contributed by atoms with Crippen LogP contribution in [0.25, 0.3) is 0 Å². The molecule has 0 bridgehead atoms. The maximum Gasteiger partial charge on any atom is 0.488 e. The van der Waals surface area contributed by atoms with Crippen molar-refractivity contribution in [3.63, 3.8) is 0 Å². The van der Waals surface area contributed by atoms with E-state index in [9.17, 15) is 44.8 Å². The first-order valence-electron chi connectivity index (χ1n) is 11.0. The molecular formula is C22H27BN4O10. The second-order valence-corrected chi connectivity index (χ2v) is 8.66. The number of benzene rings is 2. The van der Waals surface area contributed by atoms with Crippen LogP contribution in [-0.2, 0) is 16.0 Å². The number of nitro groups is 1. The second-order valence-electron chi connectivity index (χ2n) is 8.66. The molecule has 14 nitrogen and oxygen atoms in total. The predicted molar refractivity (Wildman–Crippen MR) is 129 cm³/mol. The number of nitrogens with zero attached hydrogens (tertiary/aromatic N) is 1. The summed E-state index contributed by atoms with van der Waals surface area (Å²) in [5.74, 6) is -3.70. The van der Waals surface area contributed by atoms with Gasteiger partial charge in [0.05, 0.1) is 4.92 Å². The van der Waals surface area contributed by atoms with E-state index in [1.165, 1.54) is 23.7 Å². The van der Waals surface area contributed by atoms with E-state index in [0.29, 0.717) is 5.56 Å². The number of rotatable bonds is 11. The van der Waals surface area contributed by atoms with Gasteiger partial charge in [-0.3, -0.25) is 29.7 Å². The number of phenols is 2. The summed E-state index contributed by atoms with van der Waals surface area (Å²) >= 11 is 0. The van der Waals surface area contributed by atoms with Crippen LogP contribution < -0.4 is 21.6 Å². The molecule has 37 heavy (non-hydrogen) atoms. The normalized spacial score (nSPS) is 12.4. The van der Waals surface area contributed by atoms with Gasteiger partial charge in [-0.1, -0.05) is 19.9 Å². The number of carbonyl (C=O) groups is 3. The van der Waals surface area contributed by atoms with E-state index < -0.39 is 59.0 Å². The zero-order valence-corrected chi connectivity index (χ0v) is 19.9. The molecule has 2 rings (SSSR count). The summed E-state index contributed by atoms with van der Waals surface area (Å²) in [4.78, 5) is 48.5. The number of hydrogen-bond acceptors (Lipinski definition) is 10. The van der Waals surface area contributed by atoms with Crippen LogP contribution in [0.15, 0.2) is 36.4 Å². The monoisotopic (exact) mass is 518 g/mol. The van der Waals surface area contributed by atoms with Crippen molar-refractivity contribution in [2.75, 3.05) is 0 Å². The molecule has 0 aliphatic carbocycles. The Balaban J connectivity index is 2.29. The minimum Gasteiger partial charge on any atom is -0.504 e. The second kappa shape index (κ2) is 12.7. The van der Waals surface area contributed by atoms with Crippen LogP contribution in [0.3, 0.4) is 0 Å². The Kier molecular flexibility index (Phi) is 9.94. The first-order valence-corrected chi connectivity index (χ1v) is 11.0. The van der Waals surface area contributed by atoms with E-state index in [4.69, 9.17) is 5.21 Å². The van der Waals surface area contributed by atoms with Crippen molar-refractivity contribution in [1.29, 1.82) is 0 Å². The van der Waals surface area contributed by atoms with Crippen molar-refractivity contribution in [3.8, 4) is 11.5 Å². The fourth-order valence-corrected chi connectivity index (χ4v) is 3.46. The number of hydrogen-bond donors (Lipinski definition) is 8. The van der Waals surface area contributed by atoms with Gasteiger partial charge in [0.15, 0.2) is 11.5 Å². The van der Waals surface area contributed by atoms with Crippen molar-refractivity contribution in [2.24, 2.45) is 5.92 Å². The summed E-state index contributed by atoms with van der Waals surface area (Å²) in [6.07, 6.45) is -0.105. The highest BCUT2D eigenvalue weighted by Crippen LogP contribution is 2.25. The number of aromatic hydroxyl groups is 2. The maximum atomic E-state index is 13.1. The number of carbonyl (C=O) groups excluding carboxylic acids is 3. The molecule has 0 radical (unpaired) electrons. The molecule has 0 unspecified atom stereocenters. The molecule has 8 N–H and O–H groups in total. The van der Waals surface area contributed by atoms with E-state index >= 15 is 0 Å². The third kappa shape index (κ3) is 8.17. The van der Waals surface area contributed by atoms with E-state index in [-0.39, 0.29) is 29.8 Å². The lowest BCUT2D eigenvalue weighted by Crippen LogP contribution is -2.54. The number of hydroxylamine groups is 1. The molecule has 0 aliphatic heterocycles. The molecule has 2 aromatic carbocycles. The number of non-ortho nitro benzene ring substituents is 1. The predicted octanol–water partition coefficient (Wildman–Crippen LogP) is -0.937. The maximum absolute atomic E-state index is 13.1. The smallest absolute Gasteiger partial charge is 0.488 e. The van der Waals surface area contributed by atoms with Gasteiger partial charge in [0, 0.05) is 24.1 Å². The van der Waals surface area contributed by atoms with Crippen molar-refractivity contribution < 1.29 is 44.8 Å². The van der Waals surface area contributed by atoms with Gasteiger partial charge in [-0.15, -0.1) is 0 Å². The van der Waals surface area contributed by atoms with E-state index in [1.54, 1.807) is 13.8 Å². The van der Waals surface area contributed by atoms with Gasteiger partial charge in [0.2, 0.25) is 5.91 Å². The Morgan fingerprint density at radius 2 is 1.65 bits per heavy atom. The molecule has 0 aliphatic rings. The fourth-order valence-electron chi connectivity index (χ4n) is 3.46. The van der Waals surface area contributed by atoms with Crippen LogP contribution in [0, 0.1) is 16.0 Å². The molecule has 0 saturated carbocycles. The lowest BCUT2D eigenvalue weighted by molar-refractivity contribution is -0.384. The lowest BCUT2D eigenvalue weighted by atomic mass is 9.79. The third-order valence-electron chi connectivity index (χ3n) is 5.26. The minimum absolute atomic E-state index is 0.0927. The van der Waals surface area contributed by atoms with Gasteiger partial charge in [0.1, 0.15) is 12.1 Å². The molecule has 198 valence electrons. The van der Waals surface area contributed by atoms with Gasteiger partial charge in [-0.2, -0.15) is 0 Å².